The molecule has 14 heavy (non-hydrogen) atoms. The van der Waals surface area contributed by atoms with E-state index in [-0.39, 0.29) is 5.03 Å². The van der Waals surface area contributed by atoms with Crippen LogP contribution in [0.25, 0.3) is 0 Å². The van der Waals surface area contributed by atoms with Gasteiger partial charge < -0.3 is 0 Å². The summed E-state index contributed by atoms with van der Waals surface area (Å²) in [5.41, 5.74) is 0. The summed E-state index contributed by atoms with van der Waals surface area (Å²) < 4.78 is 26.9. The highest BCUT2D eigenvalue weighted by atomic mass is 32.2. The molecule has 1 fully saturated rings. The lowest BCUT2D eigenvalue weighted by Crippen LogP contribution is -2.29. The van der Waals surface area contributed by atoms with Gasteiger partial charge in [-0.1, -0.05) is 0 Å². The van der Waals surface area contributed by atoms with Gasteiger partial charge in [-0.05, 0) is 18.9 Å². The fourth-order valence-electron chi connectivity index (χ4n) is 1.68. The average molecular weight is 215 g/mol. The Hall–Kier alpha value is -0.880. The molecule has 1 aromatic rings. The number of aryl methyl sites for hydroxylation is 1. The standard InChI is InChI=1S/C8H13N3O2S/c1-10-8(4-5-9-10)14(12,13)11-6-2-3-7-11/h4-5H,2-3,6-7H2,1H3. The van der Waals surface area contributed by atoms with Crippen molar-refractivity contribution in [3.8, 4) is 0 Å². The molecule has 0 atom stereocenters. The topological polar surface area (TPSA) is 55.2 Å². The molecule has 0 N–H and O–H groups in total. The molecule has 0 aliphatic carbocycles. The second-order valence-corrected chi connectivity index (χ2v) is 5.29. The lowest BCUT2D eigenvalue weighted by molar-refractivity contribution is 0.467. The zero-order valence-corrected chi connectivity index (χ0v) is 8.87. The van der Waals surface area contributed by atoms with E-state index in [0.717, 1.165) is 12.8 Å². The predicted octanol–water partition coefficient (Wildman–Crippen LogP) is 0.205. The molecule has 0 radical (unpaired) electrons. The van der Waals surface area contributed by atoms with Crippen LogP contribution in [0.5, 0.6) is 0 Å². The summed E-state index contributed by atoms with van der Waals surface area (Å²) in [6, 6.07) is 1.54. The van der Waals surface area contributed by atoms with Gasteiger partial charge in [0, 0.05) is 20.1 Å². The van der Waals surface area contributed by atoms with Crippen molar-refractivity contribution in [3.63, 3.8) is 0 Å². The Kier molecular flexibility index (Phi) is 2.32. The van der Waals surface area contributed by atoms with Gasteiger partial charge in [0.25, 0.3) is 10.0 Å². The minimum absolute atomic E-state index is 0.277. The quantitative estimate of drug-likeness (QED) is 0.708. The fraction of sp³-hybridized carbons (Fsp3) is 0.625. The smallest absolute Gasteiger partial charge is 0.256 e. The normalized spacial score (nSPS) is 18.9. The lowest BCUT2D eigenvalue weighted by Gasteiger charge is -2.14. The van der Waals surface area contributed by atoms with Crippen molar-refractivity contribution in [1.82, 2.24) is 14.1 Å². The van der Waals surface area contributed by atoms with E-state index >= 15 is 0 Å². The Morgan fingerprint density at radius 1 is 1.36 bits per heavy atom. The summed E-state index contributed by atoms with van der Waals surface area (Å²) in [4.78, 5) is 0. The SMILES string of the molecule is Cn1nccc1S(=O)(=O)N1CCCC1. The maximum atomic E-state index is 12.0. The Labute approximate surface area is 83.4 Å². The highest BCUT2D eigenvalue weighted by Crippen LogP contribution is 2.19. The molecule has 6 heteroatoms. The van der Waals surface area contributed by atoms with Crippen molar-refractivity contribution >= 4 is 10.0 Å². The van der Waals surface area contributed by atoms with Crippen LogP contribution < -0.4 is 0 Å². The molecule has 2 heterocycles. The number of sulfonamides is 1. The van der Waals surface area contributed by atoms with Crippen molar-refractivity contribution in [2.45, 2.75) is 17.9 Å². The van der Waals surface area contributed by atoms with E-state index < -0.39 is 10.0 Å². The second-order valence-electron chi connectivity index (χ2n) is 3.40. The fourth-order valence-corrected chi connectivity index (χ4v) is 3.29. The Balaban J connectivity index is 2.37. The van der Waals surface area contributed by atoms with Crippen molar-refractivity contribution in [1.29, 1.82) is 0 Å². The minimum atomic E-state index is -3.29. The summed E-state index contributed by atoms with van der Waals surface area (Å²) in [6.07, 6.45) is 3.41. The van der Waals surface area contributed by atoms with E-state index in [1.807, 2.05) is 0 Å². The minimum Gasteiger partial charge on any atom is -0.256 e. The van der Waals surface area contributed by atoms with Gasteiger partial charge in [-0.3, -0.25) is 4.68 Å². The first-order chi connectivity index (χ1) is 6.62. The van der Waals surface area contributed by atoms with Crippen molar-refractivity contribution in [2.75, 3.05) is 13.1 Å². The molecule has 1 aliphatic heterocycles. The molecule has 2 rings (SSSR count). The molecule has 0 amide bonds. The molecule has 1 aromatic heterocycles. The molecule has 0 unspecified atom stereocenters. The first-order valence-corrected chi connectivity index (χ1v) is 6.04. The van der Waals surface area contributed by atoms with Crippen LogP contribution in [0.15, 0.2) is 17.3 Å². The molecule has 0 saturated carbocycles. The summed E-state index contributed by atoms with van der Waals surface area (Å²) in [6.45, 7) is 1.26. The molecular weight excluding hydrogens is 202 g/mol. The first-order valence-electron chi connectivity index (χ1n) is 4.60. The Morgan fingerprint density at radius 3 is 2.50 bits per heavy atom. The van der Waals surface area contributed by atoms with Crippen LogP contribution in [-0.2, 0) is 17.1 Å². The number of hydrogen-bond donors (Lipinski definition) is 0. The summed E-state index contributed by atoms with van der Waals surface area (Å²) in [7, 11) is -1.65. The van der Waals surface area contributed by atoms with E-state index in [0.29, 0.717) is 13.1 Å². The number of rotatable bonds is 2. The van der Waals surface area contributed by atoms with Crippen LogP contribution in [0, 0.1) is 0 Å². The highest BCUT2D eigenvalue weighted by Gasteiger charge is 2.29. The average Bonchev–Trinajstić information content (AvgIpc) is 2.72. The molecule has 1 saturated heterocycles. The molecular formula is C8H13N3O2S. The molecule has 0 bridgehead atoms. The first kappa shape index (κ1) is 9.67. The van der Waals surface area contributed by atoms with E-state index in [1.165, 1.54) is 21.3 Å². The van der Waals surface area contributed by atoms with Crippen LogP contribution in [0.2, 0.25) is 0 Å². The summed E-state index contributed by atoms with van der Waals surface area (Å²) in [5, 5.41) is 4.14. The van der Waals surface area contributed by atoms with Gasteiger partial charge in [-0.25, -0.2) is 8.42 Å². The molecule has 78 valence electrons. The maximum absolute atomic E-state index is 12.0. The van der Waals surface area contributed by atoms with Crippen molar-refractivity contribution in [3.05, 3.63) is 12.3 Å². The van der Waals surface area contributed by atoms with Crippen LogP contribution in [0.4, 0.5) is 0 Å². The third-order valence-corrected chi connectivity index (χ3v) is 4.42. The van der Waals surface area contributed by atoms with Gasteiger partial charge in [0.2, 0.25) is 0 Å². The summed E-state index contributed by atoms with van der Waals surface area (Å²) in [5.74, 6) is 0. The van der Waals surface area contributed by atoms with Gasteiger partial charge in [0.05, 0.1) is 6.20 Å². The molecule has 5 nitrogen and oxygen atoms in total. The van der Waals surface area contributed by atoms with E-state index in [9.17, 15) is 8.42 Å². The van der Waals surface area contributed by atoms with Crippen LogP contribution in [-0.4, -0.2) is 35.6 Å². The zero-order valence-electron chi connectivity index (χ0n) is 8.05. The monoisotopic (exact) mass is 215 g/mol. The zero-order chi connectivity index (χ0) is 10.2. The van der Waals surface area contributed by atoms with E-state index in [2.05, 4.69) is 5.10 Å². The van der Waals surface area contributed by atoms with Gasteiger partial charge in [0.1, 0.15) is 0 Å². The van der Waals surface area contributed by atoms with Gasteiger partial charge >= 0.3 is 0 Å². The van der Waals surface area contributed by atoms with Crippen LogP contribution >= 0.6 is 0 Å². The highest BCUT2D eigenvalue weighted by molar-refractivity contribution is 7.89. The molecule has 0 spiro atoms. The van der Waals surface area contributed by atoms with Gasteiger partial charge in [-0.2, -0.15) is 9.40 Å². The summed E-state index contributed by atoms with van der Waals surface area (Å²) >= 11 is 0. The number of nitrogens with zero attached hydrogens (tertiary/aromatic N) is 3. The van der Waals surface area contributed by atoms with Gasteiger partial charge in [-0.15, -0.1) is 0 Å². The van der Waals surface area contributed by atoms with Crippen molar-refractivity contribution in [2.24, 2.45) is 7.05 Å². The Morgan fingerprint density at radius 2 is 2.00 bits per heavy atom. The third-order valence-electron chi connectivity index (χ3n) is 2.45. The Bertz CT molecular complexity index is 418. The van der Waals surface area contributed by atoms with Crippen LogP contribution in [0.1, 0.15) is 12.8 Å². The lowest BCUT2D eigenvalue weighted by atomic mass is 10.4. The number of aromatic nitrogens is 2. The van der Waals surface area contributed by atoms with E-state index in [1.54, 1.807) is 7.05 Å². The number of hydrogen-bond acceptors (Lipinski definition) is 3. The maximum Gasteiger partial charge on any atom is 0.260 e. The predicted molar refractivity (Wildman–Crippen MR) is 51.2 cm³/mol. The largest absolute Gasteiger partial charge is 0.260 e. The third kappa shape index (κ3) is 1.44. The molecule has 0 aromatic carbocycles. The van der Waals surface area contributed by atoms with Crippen LogP contribution in [0.3, 0.4) is 0 Å². The van der Waals surface area contributed by atoms with Gasteiger partial charge in [0.15, 0.2) is 5.03 Å². The molecule has 1 aliphatic rings. The second kappa shape index (κ2) is 3.36. The van der Waals surface area contributed by atoms with E-state index in [4.69, 9.17) is 0 Å². The van der Waals surface area contributed by atoms with Crippen molar-refractivity contribution < 1.29 is 8.42 Å².